The molecule has 0 saturated carbocycles. The third-order valence-corrected chi connectivity index (χ3v) is 3.33. The highest BCUT2D eigenvalue weighted by Crippen LogP contribution is 2.18. The fraction of sp³-hybridized carbons (Fsp3) is 0.818. The maximum absolute atomic E-state index is 11.8. The summed E-state index contributed by atoms with van der Waals surface area (Å²) in [7, 11) is 0. The molecule has 0 bridgehead atoms. The molecule has 2 saturated heterocycles. The van der Waals surface area contributed by atoms with Crippen LogP contribution in [0.2, 0.25) is 0 Å². The maximum Gasteiger partial charge on any atom is 0.326 e. The molecular weight excluding hydrogens is 240 g/mol. The number of aliphatic hydroxyl groups excluding tert-OH is 1. The highest BCUT2D eigenvalue weighted by atomic mass is 16.5. The largest absolute Gasteiger partial charge is 0.480 e. The number of carboxylic acids is 1. The minimum atomic E-state index is -1.08. The van der Waals surface area contributed by atoms with Gasteiger partial charge in [-0.2, -0.15) is 0 Å². The third kappa shape index (κ3) is 2.91. The number of aliphatic carboxylic acids is 1. The number of amides is 2. The van der Waals surface area contributed by atoms with E-state index in [1.807, 2.05) is 0 Å². The number of β-amino-alcohol motifs (C(OH)–C–C–N with tert-alkyl or cyclic N) is 1. The van der Waals surface area contributed by atoms with Crippen LogP contribution < -0.4 is 5.32 Å². The van der Waals surface area contributed by atoms with Crippen LogP contribution in [-0.4, -0.2) is 65.1 Å². The molecule has 7 nitrogen and oxygen atoms in total. The van der Waals surface area contributed by atoms with Crippen LogP contribution in [0.1, 0.15) is 19.3 Å². The van der Waals surface area contributed by atoms with Crippen LogP contribution in [0.4, 0.5) is 4.79 Å². The normalized spacial score (nSPS) is 31.6. The number of ether oxygens (including phenoxy) is 1. The number of carboxylic acid groups (broad SMARTS) is 1. The second-order valence-electron chi connectivity index (χ2n) is 4.72. The summed E-state index contributed by atoms with van der Waals surface area (Å²) in [5.41, 5.74) is 0. The van der Waals surface area contributed by atoms with E-state index in [1.165, 1.54) is 4.90 Å². The number of hydrogen-bond donors (Lipinski definition) is 3. The molecule has 0 aliphatic carbocycles. The molecule has 3 N–H and O–H groups in total. The number of likely N-dealkylation sites (tertiary alicyclic amines) is 1. The molecule has 2 aliphatic heterocycles. The zero-order valence-electron chi connectivity index (χ0n) is 10.0. The molecular formula is C11H18N2O5. The van der Waals surface area contributed by atoms with E-state index in [1.54, 1.807) is 0 Å². The van der Waals surface area contributed by atoms with Crippen LogP contribution >= 0.6 is 0 Å². The molecule has 0 radical (unpaired) electrons. The maximum atomic E-state index is 11.8. The van der Waals surface area contributed by atoms with Gasteiger partial charge in [0.05, 0.1) is 12.2 Å². The number of aliphatic hydroxyl groups is 1. The minimum Gasteiger partial charge on any atom is -0.480 e. The Kier molecular flexibility index (Phi) is 4.03. The molecule has 18 heavy (non-hydrogen) atoms. The molecule has 2 amide bonds. The van der Waals surface area contributed by atoms with Gasteiger partial charge >= 0.3 is 12.0 Å². The molecule has 0 aromatic rings. The first kappa shape index (κ1) is 13.1. The number of urea groups is 1. The lowest BCUT2D eigenvalue weighted by Gasteiger charge is -2.22. The second kappa shape index (κ2) is 5.53. The van der Waals surface area contributed by atoms with Crippen molar-refractivity contribution in [2.75, 3.05) is 19.7 Å². The van der Waals surface area contributed by atoms with Gasteiger partial charge in [0.1, 0.15) is 6.04 Å². The summed E-state index contributed by atoms with van der Waals surface area (Å²) in [6.07, 6.45) is 1.23. The second-order valence-corrected chi connectivity index (χ2v) is 4.72. The highest BCUT2D eigenvalue weighted by Gasteiger charge is 2.39. The number of rotatable bonds is 3. The van der Waals surface area contributed by atoms with E-state index < -0.39 is 24.1 Å². The lowest BCUT2D eigenvalue weighted by Crippen LogP contribution is -2.47. The van der Waals surface area contributed by atoms with Gasteiger partial charge in [-0.3, -0.25) is 0 Å². The zero-order chi connectivity index (χ0) is 13.1. The van der Waals surface area contributed by atoms with Gasteiger partial charge in [-0.15, -0.1) is 0 Å². The minimum absolute atomic E-state index is 0.0183. The Hall–Kier alpha value is -1.34. The third-order valence-electron chi connectivity index (χ3n) is 3.33. The molecule has 102 valence electrons. The number of carbonyl (C=O) groups is 2. The SMILES string of the molecule is O=C(O)[C@@H]1CC(O)CN1C(=O)NCC1CCCO1. The van der Waals surface area contributed by atoms with E-state index in [2.05, 4.69) is 5.32 Å². The van der Waals surface area contributed by atoms with Crippen molar-refractivity contribution in [3.05, 3.63) is 0 Å². The van der Waals surface area contributed by atoms with Gasteiger partial charge in [0.2, 0.25) is 0 Å². The molecule has 2 rings (SSSR count). The van der Waals surface area contributed by atoms with Crippen molar-refractivity contribution in [2.45, 2.75) is 37.5 Å². The Bertz CT molecular complexity index is 329. The monoisotopic (exact) mass is 258 g/mol. The lowest BCUT2D eigenvalue weighted by atomic mass is 10.2. The van der Waals surface area contributed by atoms with Crippen LogP contribution in [0.3, 0.4) is 0 Å². The highest BCUT2D eigenvalue weighted by molar-refractivity contribution is 5.83. The zero-order valence-corrected chi connectivity index (χ0v) is 10.0. The van der Waals surface area contributed by atoms with Crippen molar-refractivity contribution in [3.63, 3.8) is 0 Å². The van der Waals surface area contributed by atoms with Crippen LogP contribution in [0.5, 0.6) is 0 Å². The molecule has 2 unspecified atom stereocenters. The molecule has 0 aromatic carbocycles. The Morgan fingerprint density at radius 1 is 1.44 bits per heavy atom. The predicted octanol–water partition coefficient (Wildman–Crippen LogP) is -0.605. The van der Waals surface area contributed by atoms with Gasteiger partial charge < -0.3 is 25.2 Å². The Balaban J connectivity index is 1.85. The number of nitrogens with one attached hydrogen (secondary N) is 1. The first-order valence-electron chi connectivity index (χ1n) is 6.15. The van der Waals surface area contributed by atoms with E-state index in [4.69, 9.17) is 9.84 Å². The first-order valence-corrected chi connectivity index (χ1v) is 6.15. The van der Waals surface area contributed by atoms with Gasteiger partial charge in [0.15, 0.2) is 0 Å². The average Bonchev–Trinajstić information content (AvgIpc) is 2.94. The van der Waals surface area contributed by atoms with E-state index in [-0.39, 0.29) is 19.1 Å². The number of nitrogens with zero attached hydrogens (tertiary/aromatic N) is 1. The van der Waals surface area contributed by atoms with Crippen molar-refractivity contribution in [3.8, 4) is 0 Å². The van der Waals surface area contributed by atoms with Crippen molar-refractivity contribution in [1.82, 2.24) is 10.2 Å². The standard InChI is InChI=1S/C11H18N2O5/c14-7-4-9(10(15)16)13(6-7)11(17)12-5-8-2-1-3-18-8/h7-9,14H,1-6H2,(H,12,17)(H,15,16)/t7?,8?,9-/m0/s1. The summed E-state index contributed by atoms with van der Waals surface area (Å²) in [5.74, 6) is -1.08. The Labute approximate surface area is 105 Å². The van der Waals surface area contributed by atoms with Crippen molar-refractivity contribution >= 4 is 12.0 Å². The molecule has 0 aromatic heterocycles. The van der Waals surface area contributed by atoms with E-state index in [0.717, 1.165) is 12.8 Å². The van der Waals surface area contributed by atoms with E-state index in [0.29, 0.717) is 13.2 Å². The van der Waals surface area contributed by atoms with E-state index >= 15 is 0 Å². The topological polar surface area (TPSA) is 99.1 Å². The van der Waals surface area contributed by atoms with Crippen LogP contribution in [-0.2, 0) is 9.53 Å². The van der Waals surface area contributed by atoms with Crippen molar-refractivity contribution in [2.24, 2.45) is 0 Å². The Morgan fingerprint density at radius 2 is 2.22 bits per heavy atom. The van der Waals surface area contributed by atoms with Gasteiger partial charge in [-0.05, 0) is 12.8 Å². The fourth-order valence-electron chi connectivity index (χ4n) is 2.38. The van der Waals surface area contributed by atoms with Gasteiger partial charge in [-0.1, -0.05) is 0 Å². The smallest absolute Gasteiger partial charge is 0.326 e. The molecule has 7 heteroatoms. The van der Waals surface area contributed by atoms with E-state index in [9.17, 15) is 14.7 Å². The molecule has 3 atom stereocenters. The summed E-state index contributed by atoms with van der Waals surface area (Å²) in [6.45, 7) is 1.16. The van der Waals surface area contributed by atoms with Gasteiger partial charge in [0, 0.05) is 26.1 Å². The van der Waals surface area contributed by atoms with Crippen LogP contribution in [0.15, 0.2) is 0 Å². The molecule has 0 spiro atoms. The summed E-state index contributed by atoms with van der Waals surface area (Å²) < 4.78 is 5.36. The molecule has 2 fully saturated rings. The van der Waals surface area contributed by atoms with Crippen molar-refractivity contribution in [1.29, 1.82) is 0 Å². The van der Waals surface area contributed by atoms with Crippen molar-refractivity contribution < 1.29 is 24.5 Å². The van der Waals surface area contributed by atoms with Gasteiger partial charge in [0.25, 0.3) is 0 Å². The average molecular weight is 258 g/mol. The van der Waals surface area contributed by atoms with Crippen LogP contribution in [0, 0.1) is 0 Å². The predicted molar refractivity (Wildman–Crippen MR) is 61.1 cm³/mol. The summed E-state index contributed by atoms with van der Waals surface area (Å²) in [4.78, 5) is 24.0. The summed E-state index contributed by atoms with van der Waals surface area (Å²) in [5, 5.41) is 21.1. The molecule has 2 aliphatic rings. The summed E-state index contributed by atoms with van der Waals surface area (Å²) >= 11 is 0. The first-order chi connectivity index (χ1) is 8.58. The Morgan fingerprint density at radius 3 is 2.83 bits per heavy atom. The van der Waals surface area contributed by atoms with Gasteiger partial charge in [-0.25, -0.2) is 9.59 Å². The number of hydrogen-bond acceptors (Lipinski definition) is 4. The van der Waals surface area contributed by atoms with Crippen LogP contribution in [0.25, 0.3) is 0 Å². The summed E-state index contributed by atoms with van der Waals surface area (Å²) in [6, 6.07) is -1.39. The molecule has 2 heterocycles. The number of carbonyl (C=O) groups excluding carboxylic acids is 1. The fourth-order valence-corrected chi connectivity index (χ4v) is 2.38. The lowest BCUT2D eigenvalue weighted by molar-refractivity contribution is -0.141. The quantitative estimate of drug-likeness (QED) is 0.627.